The van der Waals surface area contributed by atoms with Crippen molar-refractivity contribution in [3.8, 4) is 5.75 Å². The summed E-state index contributed by atoms with van der Waals surface area (Å²) in [5, 5.41) is 8.88. The number of carbonyl (C=O) groups is 2. The summed E-state index contributed by atoms with van der Waals surface area (Å²) in [6, 6.07) is 11.1. The number of aryl methyl sites for hydroxylation is 1. The van der Waals surface area contributed by atoms with Crippen molar-refractivity contribution in [2.75, 3.05) is 19.7 Å². The minimum Gasteiger partial charge on any atom is -0.489 e. The predicted molar refractivity (Wildman–Crippen MR) is 92.1 cm³/mol. The average molecular weight is 359 g/mol. The molecule has 0 aliphatic carbocycles. The Morgan fingerprint density at radius 1 is 1.31 bits per heavy atom. The molecule has 2 heterocycles. The Labute approximate surface area is 151 Å². The maximum Gasteiger partial charge on any atom is 0.306 e. The highest BCUT2D eigenvalue weighted by Gasteiger charge is 2.28. The molecule has 0 bridgehead atoms. The van der Waals surface area contributed by atoms with Crippen LogP contribution in [-0.2, 0) is 16.1 Å². The van der Waals surface area contributed by atoms with Crippen molar-refractivity contribution in [1.29, 1.82) is 0 Å². The molecule has 26 heavy (non-hydrogen) atoms. The number of carboxylic acid groups (broad SMARTS) is 1. The molecule has 0 radical (unpaired) electrons. The molecule has 138 valence electrons. The molecule has 3 rings (SSSR count). The molecule has 1 atom stereocenters. The van der Waals surface area contributed by atoms with E-state index in [9.17, 15) is 9.59 Å². The summed E-state index contributed by atoms with van der Waals surface area (Å²) < 4.78 is 16.7. The minimum atomic E-state index is -0.946. The van der Waals surface area contributed by atoms with Crippen LogP contribution in [0.15, 0.2) is 40.8 Å². The fraction of sp³-hybridized carbons (Fsp3) is 0.368. The molecule has 1 aromatic heterocycles. The topological polar surface area (TPSA) is 89.2 Å². The van der Waals surface area contributed by atoms with E-state index in [1.807, 2.05) is 30.3 Å². The zero-order valence-electron chi connectivity index (χ0n) is 14.5. The van der Waals surface area contributed by atoms with Gasteiger partial charge in [-0.15, -0.1) is 0 Å². The van der Waals surface area contributed by atoms with E-state index < -0.39 is 12.1 Å². The molecule has 0 unspecified atom stereocenters. The second kappa shape index (κ2) is 8.05. The van der Waals surface area contributed by atoms with Crippen LogP contribution in [0.2, 0.25) is 0 Å². The molecular weight excluding hydrogens is 338 g/mol. The number of carboxylic acids is 1. The van der Waals surface area contributed by atoms with E-state index in [-0.39, 0.29) is 24.6 Å². The van der Waals surface area contributed by atoms with Gasteiger partial charge in [-0.05, 0) is 25.1 Å². The summed E-state index contributed by atoms with van der Waals surface area (Å²) in [5.41, 5.74) is 0.799. The zero-order valence-corrected chi connectivity index (χ0v) is 14.5. The van der Waals surface area contributed by atoms with Crippen molar-refractivity contribution < 1.29 is 28.6 Å². The molecule has 7 heteroatoms. The maximum atomic E-state index is 12.7. The first-order valence-corrected chi connectivity index (χ1v) is 8.42. The Hall–Kier alpha value is -2.80. The van der Waals surface area contributed by atoms with Crippen molar-refractivity contribution in [2.45, 2.75) is 26.1 Å². The number of benzene rings is 1. The number of morpholine rings is 1. The Bertz CT molecular complexity index is 770. The number of aliphatic carboxylic acids is 1. The lowest BCUT2D eigenvalue weighted by Crippen LogP contribution is -2.46. The molecule has 7 nitrogen and oxygen atoms in total. The normalized spacial score (nSPS) is 17.1. The third-order valence-corrected chi connectivity index (χ3v) is 4.20. The van der Waals surface area contributed by atoms with Crippen molar-refractivity contribution >= 4 is 11.9 Å². The standard InChI is InChI=1S/C19H21NO6/c1-13-14(12-25-15-5-3-2-4-6-15)9-17(26-13)19(23)20-7-8-24-16(11-20)10-18(21)22/h2-6,9,16H,7-8,10-12H2,1H3,(H,21,22)/t16-/m0/s1. The first-order chi connectivity index (χ1) is 12.5. The van der Waals surface area contributed by atoms with E-state index in [2.05, 4.69) is 0 Å². The van der Waals surface area contributed by atoms with Gasteiger partial charge < -0.3 is 23.9 Å². The number of furan rings is 1. The highest BCUT2D eigenvalue weighted by molar-refractivity contribution is 5.92. The summed E-state index contributed by atoms with van der Waals surface area (Å²) in [4.78, 5) is 25.1. The first kappa shape index (κ1) is 18.0. The lowest BCUT2D eigenvalue weighted by atomic mass is 10.2. The predicted octanol–water partition coefficient (Wildman–Crippen LogP) is 2.48. The largest absolute Gasteiger partial charge is 0.489 e. The van der Waals surface area contributed by atoms with Gasteiger partial charge in [0.1, 0.15) is 18.1 Å². The molecule has 1 aromatic carbocycles. The van der Waals surface area contributed by atoms with Crippen LogP contribution in [0.5, 0.6) is 5.75 Å². The summed E-state index contributed by atoms with van der Waals surface area (Å²) in [6.45, 7) is 3.04. The van der Waals surface area contributed by atoms with Gasteiger partial charge in [0.25, 0.3) is 5.91 Å². The lowest BCUT2D eigenvalue weighted by Gasteiger charge is -2.31. The van der Waals surface area contributed by atoms with Gasteiger partial charge in [0.05, 0.1) is 19.1 Å². The summed E-state index contributed by atoms with van der Waals surface area (Å²) >= 11 is 0. The maximum absolute atomic E-state index is 12.7. The molecule has 2 aromatic rings. The number of rotatable bonds is 6. The van der Waals surface area contributed by atoms with Crippen molar-refractivity contribution in [3.63, 3.8) is 0 Å². The van der Waals surface area contributed by atoms with Gasteiger partial charge in [0, 0.05) is 18.7 Å². The van der Waals surface area contributed by atoms with Crippen LogP contribution in [0.3, 0.4) is 0 Å². The Morgan fingerprint density at radius 2 is 2.08 bits per heavy atom. The van der Waals surface area contributed by atoms with E-state index in [0.29, 0.717) is 25.5 Å². The van der Waals surface area contributed by atoms with E-state index in [4.69, 9.17) is 19.0 Å². The highest BCUT2D eigenvalue weighted by Crippen LogP contribution is 2.20. The third kappa shape index (κ3) is 4.43. The van der Waals surface area contributed by atoms with Crippen molar-refractivity contribution in [3.05, 3.63) is 53.5 Å². The van der Waals surface area contributed by atoms with Crippen LogP contribution in [0.4, 0.5) is 0 Å². The van der Waals surface area contributed by atoms with Crippen molar-refractivity contribution in [1.82, 2.24) is 4.90 Å². The van der Waals surface area contributed by atoms with Gasteiger partial charge in [-0.2, -0.15) is 0 Å². The fourth-order valence-corrected chi connectivity index (χ4v) is 2.82. The monoisotopic (exact) mass is 359 g/mol. The lowest BCUT2D eigenvalue weighted by molar-refractivity contribution is -0.141. The molecule has 1 aliphatic rings. The van der Waals surface area contributed by atoms with Crippen LogP contribution in [0.1, 0.15) is 28.3 Å². The number of nitrogens with zero attached hydrogens (tertiary/aromatic N) is 1. The fourth-order valence-electron chi connectivity index (χ4n) is 2.82. The average Bonchev–Trinajstić information content (AvgIpc) is 3.00. The smallest absolute Gasteiger partial charge is 0.306 e. The number of amides is 1. The summed E-state index contributed by atoms with van der Waals surface area (Å²) in [5.74, 6) is 0.381. The first-order valence-electron chi connectivity index (χ1n) is 8.42. The number of hydrogen-bond acceptors (Lipinski definition) is 5. The minimum absolute atomic E-state index is 0.128. The van der Waals surface area contributed by atoms with Gasteiger partial charge in [-0.3, -0.25) is 9.59 Å². The van der Waals surface area contributed by atoms with E-state index in [0.717, 1.165) is 11.3 Å². The van der Waals surface area contributed by atoms with E-state index in [1.165, 1.54) is 0 Å². The molecule has 0 saturated carbocycles. The van der Waals surface area contributed by atoms with Crippen molar-refractivity contribution in [2.24, 2.45) is 0 Å². The van der Waals surface area contributed by atoms with Gasteiger partial charge in [-0.1, -0.05) is 18.2 Å². The van der Waals surface area contributed by atoms with E-state index in [1.54, 1.807) is 17.9 Å². The number of hydrogen-bond donors (Lipinski definition) is 1. The number of carbonyl (C=O) groups excluding carboxylic acids is 1. The second-order valence-electron chi connectivity index (χ2n) is 6.14. The van der Waals surface area contributed by atoms with Crippen LogP contribution in [0.25, 0.3) is 0 Å². The molecule has 1 amide bonds. The van der Waals surface area contributed by atoms with Crippen LogP contribution in [-0.4, -0.2) is 47.7 Å². The molecule has 1 saturated heterocycles. The zero-order chi connectivity index (χ0) is 18.5. The van der Waals surface area contributed by atoms with Gasteiger partial charge in [0.15, 0.2) is 5.76 Å². The van der Waals surface area contributed by atoms with Crippen LogP contribution >= 0.6 is 0 Å². The van der Waals surface area contributed by atoms with Gasteiger partial charge in [0.2, 0.25) is 0 Å². The van der Waals surface area contributed by atoms with Gasteiger partial charge >= 0.3 is 5.97 Å². The third-order valence-electron chi connectivity index (χ3n) is 4.20. The Balaban J connectivity index is 1.63. The Morgan fingerprint density at radius 3 is 2.81 bits per heavy atom. The number of ether oxygens (including phenoxy) is 2. The molecule has 0 spiro atoms. The highest BCUT2D eigenvalue weighted by atomic mass is 16.5. The summed E-state index contributed by atoms with van der Waals surface area (Å²) in [6.07, 6.45) is -0.626. The molecular formula is C19H21NO6. The van der Waals surface area contributed by atoms with E-state index >= 15 is 0 Å². The molecule has 1 fully saturated rings. The van der Waals surface area contributed by atoms with Crippen LogP contribution < -0.4 is 4.74 Å². The van der Waals surface area contributed by atoms with Gasteiger partial charge in [-0.25, -0.2) is 0 Å². The second-order valence-corrected chi connectivity index (χ2v) is 6.14. The van der Waals surface area contributed by atoms with Crippen LogP contribution in [0, 0.1) is 6.92 Å². The summed E-state index contributed by atoms with van der Waals surface area (Å²) in [7, 11) is 0. The Kier molecular flexibility index (Phi) is 5.58. The SMILES string of the molecule is Cc1oc(C(=O)N2CCO[C@@H](CC(=O)O)C2)cc1COc1ccccc1. The quantitative estimate of drug-likeness (QED) is 0.852. The molecule has 1 aliphatic heterocycles. The number of para-hydroxylation sites is 1. The molecule has 1 N–H and O–H groups in total.